The summed E-state index contributed by atoms with van der Waals surface area (Å²) < 4.78 is 0. The number of benzene rings is 3. The standard InChI is InChI=1S/C35H37N5O2/c1-3-4-11-18-36-33(41)32(19-23-20-37-29-15-8-5-12-24(23)29)40-34(42)35(2,27-21-38-30-16-9-6-13-25(27)30)28-22-39-31-17-10-7-14-26(28)31/h5-10,12-17,20-22,32,37-39H,3-4,11,18-19H2,1-2H3,(H,36,41)(H,40,42)/t32-/m0/s1. The maximum atomic E-state index is 14.7. The van der Waals surface area contributed by atoms with E-state index in [-0.39, 0.29) is 11.8 Å². The molecule has 0 saturated carbocycles. The number of amides is 2. The van der Waals surface area contributed by atoms with Crippen LogP contribution >= 0.6 is 0 Å². The third-order valence-corrected chi connectivity index (χ3v) is 8.51. The van der Waals surface area contributed by atoms with E-state index in [2.05, 4.69) is 32.5 Å². The molecule has 6 rings (SSSR count). The summed E-state index contributed by atoms with van der Waals surface area (Å²) in [5, 5.41) is 9.29. The van der Waals surface area contributed by atoms with E-state index in [9.17, 15) is 9.59 Å². The quantitative estimate of drug-likeness (QED) is 0.117. The zero-order valence-corrected chi connectivity index (χ0v) is 24.1. The first-order chi connectivity index (χ1) is 20.5. The SMILES string of the molecule is CCCCCNC(=O)[C@H](Cc1c[nH]c2ccccc12)NC(=O)C(C)(c1c[nH]c2ccccc12)c1c[nH]c2ccccc12. The summed E-state index contributed by atoms with van der Waals surface area (Å²) in [6.45, 7) is 4.67. The van der Waals surface area contributed by atoms with E-state index >= 15 is 0 Å². The van der Waals surface area contributed by atoms with Gasteiger partial charge in [-0.25, -0.2) is 0 Å². The van der Waals surface area contributed by atoms with Gasteiger partial charge in [-0.1, -0.05) is 74.4 Å². The molecule has 0 aliphatic carbocycles. The van der Waals surface area contributed by atoms with Crippen molar-refractivity contribution in [2.45, 2.75) is 51.0 Å². The Morgan fingerprint density at radius 2 is 1.26 bits per heavy atom. The van der Waals surface area contributed by atoms with Gasteiger partial charge < -0.3 is 25.6 Å². The lowest BCUT2D eigenvalue weighted by molar-refractivity contribution is -0.131. The topological polar surface area (TPSA) is 106 Å². The van der Waals surface area contributed by atoms with Crippen LogP contribution in [-0.4, -0.2) is 39.4 Å². The number of carbonyl (C=O) groups excluding carboxylic acids is 2. The van der Waals surface area contributed by atoms with E-state index in [0.29, 0.717) is 13.0 Å². The Balaban J connectivity index is 1.41. The van der Waals surface area contributed by atoms with Crippen molar-refractivity contribution in [1.29, 1.82) is 0 Å². The number of unbranched alkanes of at least 4 members (excludes halogenated alkanes) is 2. The average Bonchev–Trinajstić information content (AvgIpc) is 3.76. The van der Waals surface area contributed by atoms with Gasteiger partial charge in [0.2, 0.25) is 11.8 Å². The summed E-state index contributed by atoms with van der Waals surface area (Å²) in [5.41, 5.74) is 4.51. The van der Waals surface area contributed by atoms with Gasteiger partial charge >= 0.3 is 0 Å². The molecule has 3 aromatic carbocycles. The Morgan fingerprint density at radius 1 is 0.738 bits per heavy atom. The molecule has 0 unspecified atom stereocenters. The van der Waals surface area contributed by atoms with Crippen LogP contribution in [0.25, 0.3) is 32.7 Å². The van der Waals surface area contributed by atoms with Crippen LogP contribution in [0, 0.1) is 0 Å². The average molecular weight is 560 g/mol. The number of nitrogens with one attached hydrogen (secondary N) is 5. The molecule has 1 atom stereocenters. The number of rotatable bonds is 11. The summed E-state index contributed by atoms with van der Waals surface area (Å²) in [7, 11) is 0. The van der Waals surface area contributed by atoms with Gasteiger partial charge in [0.05, 0.1) is 0 Å². The van der Waals surface area contributed by atoms with Crippen LogP contribution in [0.5, 0.6) is 0 Å². The fraction of sp³-hybridized carbons (Fsp3) is 0.257. The van der Waals surface area contributed by atoms with Gasteiger partial charge in [0, 0.05) is 64.3 Å². The lowest BCUT2D eigenvalue weighted by Gasteiger charge is -2.31. The number of aromatic amines is 3. The maximum Gasteiger partial charge on any atom is 0.242 e. The zero-order valence-electron chi connectivity index (χ0n) is 24.1. The molecular formula is C35H37N5O2. The Hall–Kier alpha value is -4.78. The molecule has 3 aromatic heterocycles. The van der Waals surface area contributed by atoms with Crippen molar-refractivity contribution in [3.63, 3.8) is 0 Å². The Kier molecular flexibility index (Phi) is 7.57. The van der Waals surface area contributed by atoms with Gasteiger partial charge in [0.1, 0.15) is 11.5 Å². The molecule has 3 heterocycles. The second-order valence-electron chi connectivity index (χ2n) is 11.2. The molecule has 0 radical (unpaired) electrons. The van der Waals surface area contributed by atoms with Crippen LogP contribution in [0.3, 0.4) is 0 Å². The van der Waals surface area contributed by atoms with Gasteiger partial charge in [-0.05, 0) is 48.2 Å². The third-order valence-electron chi connectivity index (χ3n) is 8.51. The molecule has 0 aliphatic heterocycles. The summed E-state index contributed by atoms with van der Waals surface area (Å²) in [5.74, 6) is -0.407. The highest BCUT2D eigenvalue weighted by molar-refractivity contribution is 6.03. The van der Waals surface area contributed by atoms with Gasteiger partial charge in [-0.3, -0.25) is 9.59 Å². The normalized spacial score (nSPS) is 12.6. The minimum Gasteiger partial charge on any atom is -0.361 e. The molecular weight excluding hydrogens is 522 g/mol. The Morgan fingerprint density at radius 3 is 1.86 bits per heavy atom. The minimum atomic E-state index is -1.10. The maximum absolute atomic E-state index is 14.7. The molecule has 42 heavy (non-hydrogen) atoms. The van der Waals surface area contributed by atoms with E-state index in [1.165, 1.54) is 0 Å². The number of aromatic nitrogens is 3. The number of fused-ring (bicyclic) bond motifs is 3. The fourth-order valence-corrected chi connectivity index (χ4v) is 6.10. The van der Waals surface area contributed by atoms with Crippen LogP contribution in [0.15, 0.2) is 91.4 Å². The van der Waals surface area contributed by atoms with Gasteiger partial charge in [0.15, 0.2) is 0 Å². The molecule has 0 fully saturated rings. The number of para-hydroxylation sites is 3. The predicted octanol–water partition coefficient (Wildman–Crippen LogP) is 6.47. The summed E-state index contributed by atoms with van der Waals surface area (Å²) in [4.78, 5) is 38.4. The predicted molar refractivity (Wildman–Crippen MR) is 170 cm³/mol. The zero-order chi connectivity index (χ0) is 29.1. The van der Waals surface area contributed by atoms with Crippen molar-refractivity contribution in [2.75, 3.05) is 6.54 Å². The van der Waals surface area contributed by atoms with Crippen molar-refractivity contribution < 1.29 is 9.59 Å². The van der Waals surface area contributed by atoms with Crippen molar-refractivity contribution in [1.82, 2.24) is 25.6 Å². The van der Waals surface area contributed by atoms with E-state index in [1.54, 1.807) is 0 Å². The van der Waals surface area contributed by atoms with Gasteiger partial charge in [-0.2, -0.15) is 0 Å². The molecule has 0 saturated heterocycles. The molecule has 0 aliphatic rings. The highest BCUT2D eigenvalue weighted by atomic mass is 16.2. The van der Waals surface area contributed by atoms with Crippen LogP contribution < -0.4 is 10.6 Å². The molecule has 0 spiro atoms. The first-order valence-electron chi connectivity index (χ1n) is 14.8. The molecule has 2 amide bonds. The van der Waals surface area contributed by atoms with E-state index in [4.69, 9.17) is 0 Å². The lowest BCUT2D eigenvalue weighted by Crippen LogP contribution is -2.53. The van der Waals surface area contributed by atoms with Crippen LogP contribution in [0.2, 0.25) is 0 Å². The van der Waals surface area contributed by atoms with Crippen LogP contribution in [-0.2, 0) is 21.4 Å². The summed E-state index contributed by atoms with van der Waals surface area (Å²) >= 11 is 0. The van der Waals surface area contributed by atoms with Crippen LogP contribution in [0.4, 0.5) is 0 Å². The molecule has 214 valence electrons. The first-order valence-corrected chi connectivity index (χ1v) is 14.8. The summed E-state index contributed by atoms with van der Waals surface area (Å²) in [6.07, 6.45) is 9.16. The number of hydrogen-bond acceptors (Lipinski definition) is 2. The second kappa shape index (κ2) is 11.6. The van der Waals surface area contributed by atoms with Gasteiger partial charge in [-0.15, -0.1) is 0 Å². The molecule has 0 bridgehead atoms. The minimum absolute atomic E-state index is 0.176. The number of carbonyl (C=O) groups is 2. The van der Waals surface area contributed by atoms with Crippen molar-refractivity contribution in [2.24, 2.45) is 0 Å². The van der Waals surface area contributed by atoms with E-state index < -0.39 is 11.5 Å². The Bertz CT molecular complexity index is 1790. The number of hydrogen-bond donors (Lipinski definition) is 5. The highest BCUT2D eigenvalue weighted by Gasteiger charge is 2.42. The third kappa shape index (κ3) is 4.96. The van der Waals surface area contributed by atoms with Crippen molar-refractivity contribution in [3.8, 4) is 0 Å². The molecule has 5 N–H and O–H groups in total. The Labute approximate surface area is 245 Å². The van der Waals surface area contributed by atoms with Gasteiger partial charge in [0.25, 0.3) is 0 Å². The second-order valence-corrected chi connectivity index (χ2v) is 11.2. The molecule has 7 heteroatoms. The highest BCUT2D eigenvalue weighted by Crippen LogP contribution is 2.40. The fourth-order valence-electron chi connectivity index (χ4n) is 6.10. The monoisotopic (exact) mass is 559 g/mol. The van der Waals surface area contributed by atoms with Crippen LogP contribution in [0.1, 0.15) is 49.8 Å². The van der Waals surface area contributed by atoms with Crippen molar-refractivity contribution in [3.05, 3.63) is 108 Å². The van der Waals surface area contributed by atoms with E-state index in [1.807, 2.05) is 98.3 Å². The smallest absolute Gasteiger partial charge is 0.242 e. The molecule has 6 aromatic rings. The summed E-state index contributed by atoms with van der Waals surface area (Å²) in [6, 6.07) is 23.3. The number of H-pyrrole nitrogens is 3. The molecule has 7 nitrogen and oxygen atoms in total. The lowest BCUT2D eigenvalue weighted by atomic mass is 9.75. The largest absolute Gasteiger partial charge is 0.361 e. The van der Waals surface area contributed by atoms with E-state index in [0.717, 1.165) is 68.7 Å². The van der Waals surface area contributed by atoms with Crippen molar-refractivity contribution >= 4 is 44.5 Å². The first kappa shape index (κ1) is 27.4.